The van der Waals surface area contributed by atoms with Gasteiger partial charge in [-0.05, 0) is 30.2 Å². The van der Waals surface area contributed by atoms with Crippen LogP contribution in [0.5, 0.6) is 17.2 Å². The molecule has 2 aromatic carbocycles. The van der Waals surface area contributed by atoms with Crippen molar-refractivity contribution < 1.29 is 23.7 Å². The summed E-state index contributed by atoms with van der Waals surface area (Å²) in [6, 6.07) is 11.3. The molecule has 0 aliphatic heterocycles. The van der Waals surface area contributed by atoms with Crippen LogP contribution < -0.4 is 14.2 Å². The molecule has 0 atom stereocenters. The lowest BCUT2D eigenvalue weighted by atomic mass is 10.1. The van der Waals surface area contributed by atoms with Crippen LogP contribution in [0.25, 0.3) is 0 Å². The van der Waals surface area contributed by atoms with Gasteiger partial charge in [0, 0.05) is 16.5 Å². The summed E-state index contributed by atoms with van der Waals surface area (Å²) in [4.78, 5) is 12.0. The molecule has 0 aromatic heterocycles. The van der Waals surface area contributed by atoms with Crippen LogP contribution in [0.2, 0.25) is 0 Å². The molecule has 0 heterocycles. The normalized spacial score (nSPS) is 10.2. The van der Waals surface area contributed by atoms with E-state index in [9.17, 15) is 4.79 Å². The Bertz CT molecular complexity index is 704. The van der Waals surface area contributed by atoms with E-state index < -0.39 is 0 Å². The molecular weight excluding hydrogens is 388 g/mol. The number of carbonyl (C=O) groups excluding carboxylic acids is 1. The number of hydrogen-bond donors (Lipinski definition) is 0. The minimum absolute atomic E-state index is 0.246. The van der Waals surface area contributed by atoms with Crippen molar-refractivity contribution in [3.8, 4) is 17.2 Å². The highest BCUT2D eigenvalue weighted by atomic mass is 79.9. The first-order chi connectivity index (χ1) is 12.1. The van der Waals surface area contributed by atoms with Gasteiger partial charge >= 0.3 is 5.97 Å². The van der Waals surface area contributed by atoms with E-state index in [1.54, 1.807) is 21.3 Å². The molecule has 5 nitrogen and oxygen atoms in total. The third-order valence-corrected chi connectivity index (χ3v) is 4.46. The zero-order valence-electron chi connectivity index (χ0n) is 14.5. The SMILES string of the molecule is COc1cc(CCC(=O)OCc2ccccc2Br)cc(OC)c1OC. The van der Waals surface area contributed by atoms with Gasteiger partial charge in [0.05, 0.1) is 21.3 Å². The Balaban J connectivity index is 1.96. The largest absolute Gasteiger partial charge is 0.493 e. The minimum atomic E-state index is -0.260. The van der Waals surface area contributed by atoms with E-state index in [2.05, 4.69) is 15.9 Å². The Morgan fingerprint density at radius 3 is 2.20 bits per heavy atom. The number of rotatable bonds is 8. The van der Waals surface area contributed by atoms with Crippen molar-refractivity contribution in [2.75, 3.05) is 21.3 Å². The number of hydrogen-bond acceptors (Lipinski definition) is 5. The molecule has 0 bridgehead atoms. The fourth-order valence-corrected chi connectivity index (χ4v) is 2.77. The predicted octanol–water partition coefficient (Wildman–Crippen LogP) is 4.15. The molecule has 0 saturated heterocycles. The summed E-state index contributed by atoms with van der Waals surface area (Å²) >= 11 is 3.44. The van der Waals surface area contributed by atoms with E-state index >= 15 is 0 Å². The van der Waals surface area contributed by atoms with Gasteiger partial charge in [-0.1, -0.05) is 34.1 Å². The molecule has 2 aromatic rings. The Labute approximate surface area is 156 Å². The summed E-state index contributed by atoms with van der Waals surface area (Å²) in [6.07, 6.45) is 0.786. The van der Waals surface area contributed by atoms with Crippen LogP contribution in [0.4, 0.5) is 0 Å². The lowest BCUT2D eigenvalue weighted by molar-refractivity contribution is -0.144. The van der Waals surface area contributed by atoms with Crippen LogP contribution >= 0.6 is 15.9 Å². The van der Waals surface area contributed by atoms with Crippen molar-refractivity contribution >= 4 is 21.9 Å². The Kier molecular flexibility index (Phi) is 7.13. The van der Waals surface area contributed by atoms with E-state index in [0.29, 0.717) is 23.7 Å². The maximum atomic E-state index is 12.0. The molecule has 0 fully saturated rings. The van der Waals surface area contributed by atoms with Crippen molar-refractivity contribution in [2.45, 2.75) is 19.4 Å². The lowest BCUT2D eigenvalue weighted by Crippen LogP contribution is -2.06. The molecule has 0 amide bonds. The summed E-state index contributed by atoms with van der Waals surface area (Å²) in [7, 11) is 4.68. The zero-order chi connectivity index (χ0) is 18.2. The summed E-state index contributed by atoms with van der Waals surface area (Å²) in [5.74, 6) is 1.41. The zero-order valence-corrected chi connectivity index (χ0v) is 16.1. The van der Waals surface area contributed by atoms with Crippen molar-refractivity contribution in [3.63, 3.8) is 0 Å². The van der Waals surface area contributed by atoms with Gasteiger partial charge in [0.1, 0.15) is 6.61 Å². The van der Waals surface area contributed by atoms with Gasteiger partial charge < -0.3 is 18.9 Å². The summed E-state index contributed by atoms with van der Waals surface area (Å²) in [5.41, 5.74) is 1.84. The maximum Gasteiger partial charge on any atom is 0.306 e. The number of ether oxygens (including phenoxy) is 4. The summed E-state index contributed by atoms with van der Waals surface area (Å²) < 4.78 is 22.2. The monoisotopic (exact) mass is 408 g/mol. The van der Waals surface area contributed by atoms with Crippen molar-refractivity contribution in [3.05, 3.63) is 52.0 Å². The second-order valence-electron chi connectivity index (χ2n) is 5.29. The average molecular weight is 409 g/mol. The molecule has 25 heavy (non-hydrogen) atoms. The summed E-state index contributed by atoms with van der Waals surface area (Å²) in [6.45, 7) is 0.246. The average Bonchev–Trinajstić information content (AvgIpc) is 2.64. The fourth-order valence-electron chi connectivity index (χ4n) is 2.37. The smallest absolute Gasteiger partial charge is 0.306 e. The molecule has 134 valence electrons. The molecule has 0 unspecified atom stereocenters. The van der Waals surface area contributed by atoms with Gasteiger partial charge in [0.15, 0.2) is 11.5 Å². The standard InChI is InChI=1S/C19H21BrO5/c1-22-16-10-13(11-17(23-2)19(16)24-3)8-9-18(21)25-12-14-6-4-5-7-15(14)20/h4-7,10-11H,8-9,12H2,1-3H3. The summed E-state index contributed by atoms with van der Waals surface area (Å²) in [5, 5.41) is 0. The second kappa shape index (κ2) is 9.32. The minimum Gasteiger partial charge on any atom is -0.493 e. The maximum absolute atomic E-state index is 12.0. The highest BCUT2D eigenvalue weighted by molar-refractivity contribution is 9.10. The molecule has 6 heteroatoms. The van der Waals surface area contributed by atoms with Crippen LogP contribution in [0.15, 0.2) is 40.9 Å². The predicted molar refractivity (Wildman–Crippen MR) is 98.4 cm³/mol. The quantitative estimate of drug-likeness (QED) is 0.614. The highest BCUT2D eigenvalue weighted by Crippen LogP contribution is 2.38. The molecule has 0 N–H and O–H groups in total. The van der Waals surface area contributed by atoms with Gasteiger partial charge in [-0.3, -0.25) is 4.79 Å². The lowest BCUT2D eigenvalue weighted by Gasteiger charge is -2.14. The van der Waals surface area contributed by atoms with Crippen LogP contribution in [0.3, 0.4) is 0 Å². The number of halogens is 1. The van der Waals surface area contributed by atoms with Crippen molar-refractivity contribution in [1.29, 1.82) is 0 Å². The molecule has 0 radical (unpaired) electrons. The Morgan fingerprint density at radius 2 is 1.64 bits per heavy atom. The molecule has 0 aliphatic carbocycles. The van der Waals surface area contributed by atoms with Crippen molar-refractivity contribution in [2.24, 2.45) is 0 Å². The van der Waals surface area contributed by atoms with Gasteiger partial charge in [0.25, 0.3) is 0 Å². The van der Waals surface area contributed by atoms with Crippen LogP contribution in [-0.2, 0) is 22.6 Å². The van der Waals surface area contributed by atoms with Crippen molar-refractivity contribution in [1.82, 2.24) is 0 Å². The highest BCUT2D eigenvalue weighted by Gasteiger charge is 2.14. The molecule has 0 saturated carbocycles. The number of aryl methyl sites for hydroxylation is 1. The number of esters is 1. The van der Waals surface area contributed by atoms with E-state index in [0.717, 1.165) is 15.6 Å². The number of benzene rings is 2. The van der Waals surface area contributed by atoms with Gasteiger partial charge in [0.2, 0.25) is 5.75 Å². The molecular formula is C19H21BrO5. The first kappa shape index (κ1) is 19.1. The number of methoxy groups -OCH3 is 3. The molecule has 0 spiro atoms. The third-order valence-electron chi connectivity index (χ3n) is 3.69. The van der Waals surface area contributed by atoms with Crippen LogP contribution in [-0.4, -0.2) is 27.3 Å². The topological polar surface area (TPSA) is 54.0 Å². The van der Waals surface area contributed by atoms with Crippen LogP contribution in [0.1, 0.15) is 17.5 Å². The van der Waals surface area contributed by atoms with Gasteiger partial charge in [-0.2, -0.15) is 0 Å². The van der Waals surface area contributed by atoms with Gasteiger partial charge in [-0.25, -0.2) is 0 Å². The Hall–Kier alpha value is -2.21. The number of carbonyl (C=O) groups is 1. The van der Waals surface area contributed by atoms with E-state index in [1.165, 1.54) is 0 Å². The van der Waals surface area contributed by atoms with Gasteiger partial charge in [-0.15, -0.1) is 0 Å². The van der Waals surface area contributed by atoms with E-state index in [4.69, 9.17) is 18.9 Å². The second-order valence-corrected chi connectivity index (χ2v) is 6.14. The third kappa shape index (κ3) is 5.13. The fraction of sp³-hybridized carbons (Fsp3) is 0.316. The van der Waals surface area contributed by atoms with E-state index in [1.807, 2.05) is 36.4 Å². The van der Waals surface area contributed by atoms with Crippen LogP contribution in [0, 0.1) is 0 Å². The molecule has 0 aliphatic rings. The first-order valence-electron chi connectivity index (χ1n) is 7.77. The Morgan fingerprint density at radius 1 is 1.00 bits per heavy atom. The van der Waals surface area contributed by atoms with E-state index in [-0.39, 0.29) is 19.0 Å². The molecule has 2 rings (SSSR count). The first-order valence-corrected chi connectivity index (χ1v) is 8.56.